The van der Waals surface area contributed by atoms with Crippen molar-refractivity contribution in [1.82, 2.24) is 9.88 Å². The molecular formula is C27H27ClN4O3. The highest BCUT2D eigenvalue weighted by Gasteiger charge is 2.32. The Kier molecular flexibility index (Phi) is 6.11. The fourth-order valence-corrected chi connectivity index (χ4v) is 5.17. The maximum Gasteiger partial charge on any atom is 0.322 e. The molecule has 2 amide bonds. The van der Waals surface area contributed by atoms with Crippen molar-refractivity contribution in [3.8, 4) is 5.75 Å². The Labute approximate surface area is 209 Å². The third kappa shape index (κ3) is 4.56. The summed E-state index contributed by atoms with van der Waals surface area (Å²) in [4.78, 5) is 34.7. The van der Waals surface area contributed by atoms with Crippen LogP contribution in [0, 0.1) is 13.8 Å². The minimum Gasteiger partial charge on any atom is -0.506 e. The van der Waals surface area contributed by atoms with Crippen LogP contribution >= 0.6 is 11.6 Å². The summed E-state index contributed by atoms with van der Waals surface area (Å²) >= 11 is 6.10. The van der Waals surface area contributed by atoms with Gasteiger partial charge >= 0.3 is 6.03 Å². The summed E-state index contributed by atoms with van der Waals surface area (Å²) in [5.74, 6) is 0.575. The van der Waals surface area contributed by atoms with Gasteiger partial charge in [-0.2, -0.15) is 0 Å². The van der Waals surface area contributed by atoms with Crippen molar-refractivity contribution in [2.45, 2.75) is 39.3 Å². The lowest BCUT2D eigenvalue weighted by Gasteiger charge is -2.41. The number of carbonyl (C=O) groups is 2. The summed E-state index contributed by atoms with van der Waals surface area (Å²) in [6.45, 7) is 5.68. The number of carbonyl (C=O) groups excluding carboxylic acids is 2. The first-order chi connectivity index (χ1) is 16.8. The molecule has 0 unspecified atom stereocenters. The molecule has 2 aliphatic rings. The van der Waals surface area contributed by atoms with Gasteiger partial charge in [-0.25, -0.2) is 9.78 Å². The van der Waals surface area contributed by atoms with E-state index in [4.69, 9.17) is 11.6 Å². The number of anilines is 2. The largest absolute Gasteiger partial charge is 0.506 e. The Morgan fingerprint density at radius 1 is 1.09 bits per heavy atom. The van der Waals surface area contributed by atoms with Crippen LogP contribution in [0.25, 0.3) is 0 Å². The number of hydrogen-bond donors (Lipinski definition) is 2. The first-order valence-electron chi connectivity index (χ1n) is 11.7. The summed E-state index contributed by atoms with van der Waals surface area (Å²) in [6, 6.07) is 14.7. The molecule has 1 saturated heterocycles. The van der Waals surface area contributed by atoms with Crippen molar-refractivity contribution in [3.05, 3.63) is 81.5 Å². The number of pyridine rings is 1. The molecule has 0 atom stereocenters. The molecule has 0 spiro atoms. The summed E-state index contributed by atoms with van der Waals surface area (Å²) in [6.07, 6.45) is 1.64. The van der Waals surface area contributed by atoms with E-state index in [1.807, 2.05) is 36.1 Å². The Balaban J connectivity index is 1.31. The normalized spacial score (nSPS) is 16.1. The van der Waals surface area contributed by atoms with Crippen molar-refractivity contribution >= 4 is 34.9 Å². The number of para-hydroxylation sites is 1. The van der Waals surface area contributed by atoms with Gasteiger partial charge in [-0.15, -0.1) is 0 Å². The number of fused-ring (bicyclic) bond motifs is 1. The number of rotatable bonds is 4. The first-order valence-corrected chi connectivity index (χ1v) is 12.1. The molecular weight excluding hydrogens is 464 g/mol. The average Bonchev–Trinajstić information content (AvgIpc) is 2.86. The van der Waals surface area contributed by atoms with Gasteiger partial charge in [0.1, 0.15) is 11.6 Å². The van der Waals surface area contributed by atoms with E-state index in [0.29, 0.717) is 23.2 Å². The summed E-state index contributed by atoms with van der Waals surface area (Å²) in [5.41, 5.74) is 4.28. The summed E-state index contributed by atoms with van der Waals surface area (Å²) < 4.78 is 0. The van der Waals surface area contributed by atoms with Crippen molar-refractivity contribution in [2.24, 2.45) is 0 Å². The number of halogens is 1. The second-order valence-electron chi connectivity index (χ2n) is 9.24. The van der Waals surface area contributed by atoms with Crippen LogP contribution in [0.3, 0.4) is 0 Å². The third-order valence-corrected chi connectivity index (χ3v) is 7.10. The van der Waals surface area contributed by atoms with Gasteiger partial charge in [-0.3, -0.25) is 4.79 Å². The highest BCUT2D eigenvalue weighted by molar-refractivity contribution is 6.32. The molecule has 0 aliphatic carbocycles. The van der Waals surface area contributed by atoms with Crippen molar-refractivity contribution in [3.63, 3.8) is 0 Å². The van der Waals surface area contributed by atoms with Gasteiger partial charge in [0.25, 0.3) is 0 Å². The number of aromatic nitrogens is 1. The molecule has 2 N–H and O–H groups in total. The van der Waals surface area contributed by atoms with E-state index in [-0.39, 0.29) is 28.6 Å². The zero-order valence-corrected chi connectivity index (χ0v) is 20.5. The quantitative estimate of drug-likeness (QED) is 0.484. The molecule has 180 valence electrons. The lowest BCUT2D eigenvalue weighted by molar-refractivity contribution is 0.103. The molecule has 3 heterocycles. The van der Waals surface area contributed by atoms with E-state index in [1.165, 1.54) is 6.07 Å². The van der Waals surface area contributed by atoms with Crippen molar-refractivity contribution < 1.29 is 14.7 Å². The van der Waals surface area contributed by atoms with Crippen LogP contribution in [0.1, 0.15) is 45.6 Å². The lowest BCUT2D eigenvalue weighted by Crippen LogP contribution is -2.50. The van der Waals surface area contributed by atoms with Gasteiger partial charge in [0, 0.05) is 48.2 Å². The zero-order valence-electron chi connectivity index (χ0n) is 19.7. The van der Waals surface area contributed by atoms with Gasteiger partial charge in [0.05, 0.1) is 5.02 Å². The number of urea groups is 1. The van der Waals surface area contributed by atoms with E-state index < -0.39 is 0 Å². The topological polar surface area (TPSA) is 85.8 Å². The molecule has 3 aromatic rings. The number of piperidine rings is 1. The smallest absolute Gasteiger partial charge is 0.322 e. The van der Waals surface area contributed by atoms with Gasteiger partial charge in [-0.1, -0.05) is 29.8 Å². The SMILES string of the molecule is Cc1cc(C(=O)c2cc(C)c(O)c(Cl)c2)cc(N2CCC(N3Cc4ccccc4NC3=O)CC2)n1. The summed E-state index contributed by atoms with van der Waals surface area (Å²) in [5, 5.41) is 13.1. The molecule has 1 fully saturated rings. The van der Waals surface area contributed by atoms with Gasteiger partial charge in [0.15, 0.2) is 5.78 Å². The molecule has 7 nitrogen and oxygen atoms in total. The number of phenolic OH excluding ortho intramolecular Hbond substituents is 1. The fourth-order valence-electron chi connectivity index (χ4n) is 4.90. The lowest BCUT2D eigenvalue weighted by atomic mass is 9.99. The van der Waals surface area contributed by atoms with E-state index >= 15 is 0 Å². The van der Waals surface area contributed by atoms with E-state index in [0.717, 1.165) is 48.7 Å². The van der Waals surface area contributed by atoms with Crippen molar-refractivity contribution in [1.29, 1.82) is 0 Å². The highest BCUT2D eigenvalue weighted by atomic mass is 35.5. The number of benzene rings is 2. The number of nitrogens with zero attached hydrogens (tertiary/aromatic N) is 3. The predicted molar refractivity (Wildman–Crippen MR) is 136 cm³/mol. The maximum absolute atomic E-state index is 13.2. The highest BCUT2D eigenvalue weighted by Crippen LogP contribution is 2.31. The molecule has 35 heavy (non-hydrogen) atoms. The van der Waals surface area contributed by atoms with Crippen LogP contribution in [-0.4, -0.2) is 45.9 Å². The molecule has 0 radical (unpaired) electrons. The molecule has 0 saturated carbocycles. The summed E-state index contributed by atoms with van der Waals surface area (Å²) in [7, 11) is 0. The van der Waals surface area contributed by atoms with Crippen LogP contribution in [0.15, 0.2) is 48.5 Å². The Bertz CT molecular complexity index is 1290. The number of aromatic hydroxyl groups is 1. The van der Waals surface area contributed by atoms with E-state index in [1.54, 1.807) is 19.1 Å². The van der Waals surface area contributed by atoms with Gasteiger partial charge < -0.3 is 20.2 Å². The fraction of sp³-hybridized carbons (Fsp3) is 0.296. The number of phenols is 1. The number of aryl methyl sites for hydroxylation is 2. The Hall–Kier alpha value is -3.58. The second-order valence-corrected chi connectivity index (χ2v) is 9.65. The van der Waals surface area contributed by atoms with Crippen LogP contribution in [0.5, 0.6) is 5.75 Å². The molecule has 2 aromatic carbocycles. The molecule has 5 rings (SSSR count). The third-order valence-electron chi connectivity index (χ3n) is 6.81. The number of ketones is 1. The zero-order chi connectivity index (χ0) is 24.7. The monoisotopic (exact) mass is 490 g/mol. The molecule has 2 aliphatic heterocycles. The van der Waals surface area contributed by atoms with Crippen molar-refractivity contribution in [2.75, 3.05) is 23.3 Å². The van der Waals surface area contributed by atoms with Gasteiger partial charge in [0.2, 0.25) is 0 Å². The molecule has 8 heteroatoms. The van der Waals surface area contributed by atoms with E-state index in [9.17, 15) is 14.7 Å². The minimum atomic E-state index is -0.166. The predicted octanol–water partition coefficient (Wildman–Crippen LogP) is 5.30. The second kappa shape index (κ2) is 9.23. The van der Waals surface area contributed by atoms with E-state index in [2.05, 4.69) is 21.3 Å². The number of nitrogens with one attached hydrogen (secondary N) is 1. The Morgan fingerprint density at radius 3 is 2.54 bits per heavy atom. The molecule has 0 bridgehead atoms. The van der Waals surface area contributed by atoms with Crippen LogP contribution < -0.4 is 10.2 Å². The molecule has 1 aromatic heterocycles. The first kappa shape index (κ1) is 23.2. The maximum atomic E-state index is 13.2. The average molecular weight is 491 g/mol. The van der Waals surface area contributed by atoms with Crippen LogP contribution in [-0.2, 0) is 6.54 Å². The number of hydrogen-bond acceptors (Lipinski definition) is 5. The number of amides is 2. The van der Waals surface area contributed by atoms with Crippen LogP contribution in [0.2, 0.25) is 5.02 Å². The standard InChI is InChI=1S/C27H27ClN4O3/c1-16-11-19(13-22(28)25(16)33)26(34)20-12-17(2)29-24(14-20)31-9-7-21(8-10-31)32-15-18-5-3-4-6-23(18)30-27(32)35/h3-6,11-14,21,33H,7-10,15H2,1-2H3,(H,30,35). The minimum absolute atomic E-state index is 0.0106. The van der Waals surface area contributed by atoms with Crippen LogP contribution in [0.4, 0.5) is 16.3 Å². The Morgan fingerprint density at radius 2 is 1.80 bits per heavy atom. The van der Waals surface area contributed by atoms with Gasteiger partial charge in [-0.05, 0) is 68.1 Å².